The molecule has 5 heteroatoms. The molecule has 2 heterocycles. The smallest absolute Gasteiger partial charge is 0.255 e. The Hall–Kier alpha value is -3.47. The Morgan fingerprint density at radius 3 is 2.58 bits per heavy atom. The zero-order valence-electron chi connectivity index (χ0n) is 14.5. The molecule has 0 unspecified atom stereocenters. The Morgan fingerprint density at radius 1 is 1.04 bits per heavy atom. The van der Waals surface area contributed by atoms with Gasteiger partial charge in [0.2, 0.25) is 5.89 Å². The molecule has 26 heavy (non-hydrogen) atoms. The number of carbonyl (C=O) groups is 1. The van der Waals surface area contributed by atoms with E-state index in [1.54, 1.807) is 6.20 Å². The van der Waals surface area contributed by atoms with E-state index >= 15 is 0 Å². The van der Waals surface area contributed by atoms with Crippen molar-refractivity contribution in [2.45, 2.75) is 13.8 Å². The summed E-state index contributed by atoms with van der Waals surface area (Å²) in [6.45, 7) is 3.93. The highest BCUT2D eigenvalue weighted by Crippen LogP contribution is 2.27. The number of carbonyl (C=O) groups excluding carboxylic acids is 1. The number of aryl methyl sites for hydroxylation is 2. The van der Waals surface area contributed by atoms with Crippen LogP contribution in [0.2, 0.25) is 0 Å². The van der Waals surface area contributed by atoms with E-state index < -0.39 is 0 Å². The van der Waals surface area contributed by atoms with Crippen LogP contribution in [-0.4, -0.2) is 15.9 Å². The van der Waals surface area contributed by atoms with Crippen LogP contribution in [0.15, 0.2) is 65.2 Å². The molecule has 0 saturated carbocycles. The van der Waals surface area contributed by atoms with Crippen LogP contribution in [0, 0.1) is 13.8 Å². The molecule has 0 radical (unpaired) electrons. The fourth-order valence-electron chi connectivity index (χ4n) is 2.73. The van der Waals surface area contributed by atoms with Gasteiger partial charge in [-0.05, 0) is 61.9 Å². The lowest BCUT2D eigenvalue weighted by molar-refractivity contribution is 0.102. The lowest BCUT2D eigenvalue weighted by Crippen LogP contribution is -2.12. The number of anilines is 1. The molecule has 128 valence electrons. The van der Waals surface area contributed by atoms with Crippen molar-refractivity contribution in [1.82, 2.24) is 9.97 Å². The molecule has 0 aliphatic heterocycles. The number of benzene rings is 2. The lowest BCUT2D eigenvalue weighted by atomic mass is 10.1. The SMILES string of the molecule is Cc1ccc(C(=O)Nc2ccc(-c3nc4ncccc4o3)cc2C)cc1. The van der Waals surface area contributed by atoms with Gasteiger partial charge in [-0.25, -0.2) is 4.98 Å². The first-order chi connectivity index (χ1) is 12.6. The van der Waals surface area contributed by atoms with Gasteiger partial charge in [-0.1, -0.05) is 17.7 Å². The summed E-state index contributed by atoms with van der Waals surface area (Å²) >= 11 is 0. The second kappa shape index (κ2) is 6.44. The number of hydrogen-bond donors (Lipinski definition) is 1. The van der Waals surface area contributed by atoms with Crippen LogP contribution < -0.4 is 5.32 Å². The summed E-state index contributed by atoms with van der Waals surface area (Å²) in [6, 6.07) is 16.8. The van der Waals surface area contributed by atoms with E-state index in [2.05, 4.69) is 15.3 Å². The fraction of sp³-hybridized carbons (Fsp3) is 0.0952. The molecule has 0 saturated heterocycles. The van der Waals surface area contributed by atoms with Crippen molar-refractivity contribution in [2.24, 2.45) is 0 Å². The fourth-order valence-corrected chi connectivity index (χ4v) is 2.73. The molecular weight excluding hydrogens is 326 g/mol. The summed E-state index contributed by atoms with van der Waals surface area (Å²) in [5, 5.41) is 2.95. The minimum absolute atomic E-state index is 0.132. The summed E-state index contributed by atoms with van der Waals surface area (Å²) in [4.78, 5) is 21.0. The predicted octanol–water partition coefficient (Wildman–Crippen LogP) is 4.76. The highest BCUT2D eigenvalue weighted by molar-refractivity contribution is 6.04. The number of nitrogens with zero attached hydrogens (tertiary/aromatic N) is 2. The number of fused-ring (bicyclic) bond motifs is 1. The van der Waals surface area contributed by atoms with Gasteiger partial charge in [0, 0.05) is 23.0 Å². The minimum atomic E-state index is -0.132. The molecule has 2 aromatic heterocycles. The second-order valence-electron chi connectivity index (χ2n) is 6.19. The molecule has 4 aromatic rings. The van der Waals surface area contributed by atoms with Crippen LogP contribution in [0.4, 0.5) is 5.69 Å². The van der Waals surface area contributed by atoms with Crippen molar-refractivity contribution in [1.29, 1.82) is 0 Å². The summed E-state index contributed by atoms with van der Waals surface area (Å²) in [6.07, 6.45) is 1.68. The minimum Gasteiger partial charge on any atom is -0.434 e. The van der Waals surface area contributed by atoms with E-state index in [9.17, 15) is 4.79 Å². The van der Waals surface area contributed by atoms with Gasteiger partial charge in [-0.3, -0.25) is 4.79 Å². The predicted molar refractivity (Wildman–Crippen MR) is 101 cm³/mol. The quantitative estimate of drug-likeness (QED) is 0.582. The summed E-state index contributed by atoms with van der Waals surface area (Å²) < 4.78 is 5.75. The Morgan fingerprint density at radius 2 is 1.85 bits per heavy atom. The van der Waals surface area contributed by atoms with E-state index in [0.717, 1.165) is 22.4 Å². The van der Waals surface area contributed by atoms with Crippen LogP contribution in [0.1, 0.15) is 21.5 Å². The zero-order chi connectivity index (χ0) is 18.1. The number of oxazole rings is 1. The summed E-state index contributed by atoms with van der Waals surface area (Å²) in [5.41, 5.74) is 5.51. The normalized spacial score (nSPS) is 10.8. The standard InChI is InChI=1S/C21H17N3O2/c1-13-5-7-15(8-6-13)20(25)23-17-10-9-16(12-14(17)2)21-24-19-18(26-21)4-3-11-22-19/h3-12H,1-2H3,(H,23,25). The largest absolute Gasteiger partial charge is 0.434 e. The Balaban J connectivity index is 1.59. The summed E-state index contributed by atoms with van der Waals surface area (Å²) in [5.74, 6) is 0.380. The third-order valence-electron chi connectivity index (χ3n) is 4.20. The third-order valence-corrected chi connectivity index (χ3v) is 4.20. The number of pyridine rings is 1. The van der Waals surface area contributed by atoms with E-state index in [1.807, 2.05) is 68.4 Å². The molecule has 1 N–H and O–H groups in total. The van der Waals surface area contributed by atoms with Crippen LogP contribution in [0.3, 0.4) is 0 Å². The van der Waals surface area contributed by atoms with Gasteiger partial charge in [-0.2, -0.15) is 4.98 Å². The number of aromatic nitrogens is 2. The molecule has 0 fully saturated rings. The van der Waals surface area contributed by atoms with Crippen LogP contribution in [0.25, 0.3) is 22.7 Å². The maximum atomic E-state index is 12.4. The van der Waals surface area contributed by atoms with Crippen LogP contribution in [0.5, 0.6) is 0 Å². The zero-order valence-corrected chi connectivity index (χ0v) is 14.5. The lowest BCUT2D eigenvalue weighted by Gasteiger charge is -2.09. The number of nitrogens with one attached hydrogen (secondary N) is 1. The molecule has 5 nitrogen and oxygen atoms in total. The molecule has 0 aliphatic carbocycles. The molecule has 0 spiro atoms. The monoisotopic (exact) mass is 343 g/mol. The number of hydrogen-bond acceptors (Lipinski definition) is 4. The van der Waals surface area contributed by atoms with Gasteiger partial charge in [-0.15, -0.1) is 0 Å². The van der Waals surface area contributed by atoms with Gasteiger partial charge < -0.3 is 9.73 Å². The first-order valence-electron chi connectivity index (χ1n) is 8.31. The van der Waals surface area contributed by atoms with Gasteiger partial charge in [0.1, 0.15) is 0 Å². The molecule has 2 aromatic carbocycles. The molecule has 0 aliphatic rings. The van der Waals surface area contributed by atoms with Gasteiger partial charge in [0.05, 0.1) is 0 Å². The Bertz CT molecular complexity index is 1060. The van der Waals surface area contributed by atoms with Crippen molar-refractivity contribution in [3.05, 3.63) is 77.5 Å². The molecular formula is C21H17N3O2. The van der Waals surface area contributed by atoms with Gasteiger partial charge in [0.25, 0.3) is 5.91 Å². The van der Waals surface area contributed by atoms with Crippen molar-refractivity contribution < 1.29 is 9.21 Å². The Kier molecular flexibility index (Phi) is 3.97. The van der Waals surface area contributed by atoms with Crippen molar-refractivity contribution >= 4 is 22.8 Å². The van der Waals surface area contributed by atoms with Crippen LogP contribution >= 0.6 is 0 Å². The van der Waals surface area contributed by atoms with E-state index in [0.29, 0.717) is 22.7 Å². The topological polar surface area (TPSA) is 68.0 Å². The maximum absolute atomic E-state index is 12.4. The number of amides is 1. The molecule has 0 bridgehead atoms. The van der Waals surface area contributed by atoms with Gasteiger partial charge >= 0.3 is 0 Å². The Labute approximate surface area is 150 Å². The van der Waals surface area contributed by atoms with E-state index in [4.69, 9.17) is 4.42 Å². The van der Waals surface area contributed by atoms with Crippen molar-refractivity contribution in [2.75, 3.05) is 5.32 Å². The first-order valence-corrected chi connectivity index (χ1v) is 8.31. The highest BCUT2D eigenvalue weighted by atomic mass is 16.3. The van der Waals surface area contributed by atoms with Crippen LogP contribution in [-0.2, 0) is 0 Å². The van der Waals surface area contributed by atoms with E-state index in [-0.39, 0.29) is 5.91 Å². The molecule has 0 atom stereocenters. The van der Waals surface area contributed by atoms with Crippen molar-refractivity contribution in [3.63, 3.8) is 0 Å². The highest BCUT2D eigenvalue weighted by Gasteiger charge is 2.12. The van der Waals surface area contributed by atoms with Gasteiger partial charge in [0.15, 0.2) is 11.2 Å². The third kappa shape index (κ3) is 3.07. The van der Waals surface area contributed by atoms with E-state index in [1.165, 1.54) is 0 Å². The average Bonchev–Trinajstić information content (AvgIpc) is 3.08. The molecule has 1 amide bonds. The second-order valence-corrected chi connectivity index (χ2v) is 6.19. The van der Waals surface area contributed by atoms with Crippen molar-refractivity contribution in [3.8, 4) is 11.5 Å². The molecule has 4 rings (SSSR count). The average molecular weight is 343 g/mol. The number of rotatable bonds is 3. The summed E-state index contributed by atoms with van der Waals surface area (Å²) in [7, 11) is 0. The maximum Gasteiger partial charge on any atom is 0.255 e. The first kappa shape index (κ1) is 16.0.